The summed E-state index contributed by atoms with van der Waals surface area (Å²) in [5.41, 5.74) is 0.409. The van der Waals surface area contributed by atoms with Crippen molar-refractivity contribution >= 4 is 28.2 Å². The van der Waals surface area contributed by atoms with Gasteiger partial charge >= 0.3 is 5.97 Å². The minimum atomic E-state index is -0.932. The number of nitrogens with zero attached hydrogens (tertiary/aromatic N) is 1. The van der Waals surface area contributed by atoms with Crippen molar-refractivity contribution in [1.29, 1.82) is 5.26 Å². The predicted molar refractivity (Wildman–Crippen MR) is 80.3 cm³/mol. The first-order valence-corrected chi connectivity index (χ1v) is 7.74. The van der Waals surface area contributed by atoms with Gasteiger partial charge in [-0.25, -0.2) is 0 Å². The topological polar surface area (TPSA) is 90.2 Å². The van der Waals surface area contributed by atoms with Gasteiger partial charge in [-0.3, -0.25) is 9.59 Å². The van der Waals surface area contributed by atoms with Gasteiger partial charge < -0.3 is 10.4 Å². The first kappa shape index (κ1) is 15.5. The Morgan fingerprint density at radius 2 is 2.00 bits per heavy atom. The molecule has 2 N–H and O–H groups in total. The monoisotopic (exact) mass is 306 g/mol. The molecular weight excluding hydrogens is 288 g/mol. The molecule has 0 unspecified atom stereocenters. The van der Waals surface area contributed by atoms with Crippen LogP contribution in [0.1, 0.15) is 48.1 Å². The zero-order valence-electron chi connectivity index (χ0n) is 12.2. The lowest BCUT2D eigenvalue weighted by Gasteiger charge is -2.22. The Balaban J connectivity index is 2.14. The van der Waals surface area contributed by atoms with Gasteiger partial charge in [0.2, 0.25) is 5.91 Å². The van der Waals surface area contributed by atoms with Crippen LogP contribution < -0.4 is 5.32 Å². The fourth-order valence-corrected chi connectivity index (χ4v) is 3.87. The third kappa shape index (κ3) is 2.93. The normalized spacial score (nSPS) is 16.4. The Bertz CT molecular complexity index is 622. The van der Waals surface area contributed by atoms with Crippen LogP contribution in [0.2, 0.25) is 0 Å². The molecule has 1 fully saturated rings. The number of rotatable bonds is 4. The zero-order chi connectivity index (χ0) is 15.6. The molecule has 112 valence electrons. The molecule has 1 saturated carbocycles. The first-order valence-electron chi connectivity index (χ1n) is 6.93. The lowest BCUT2D eigenvalue weighted by atomic mass is 9.82. The molecule has 0 saturated heterocycles. The van der Waals surface area contributed by atoms with Crippen LogP contribution in [0.5, 0.6) is 0 Å². The van der Waals surface area contributed by atoms with Gasteiger partial charge in [-0.05, 0) is 32.3 Å². The number of carbonyl (C=O) groups excluding carboxylic acids is 1. The van der Waals surface area contributed by atoms with Gasteiger partial charge in [-0.15, -0.1) is 11.3 Å². The number of aryl methyl sites for hydroxylation is 1. The van der Waals surface area contributed by atoms with Crippen molar-refractivity contribution in [1.82, 2.24) is 0 Å². The van der Waals surface area contributed by atoms with Crippen molar-refractivity contribution in [3.05, 3.63) is 16.0 Å². The number of anilines is 1. The number of amides is 1. The average Bonchev–Trinajstić information content (AvgIpc) is 2.97. The molecule has 2 rings (SSSR count). The van der Waals surface area contributed by atoms with Crippen LogP contribution in [0.15, 0.2) is 0 Å². The second kappa shape index (κ2) is 5.86. The third-order valence-corrected chi connectivity index (χ3v) is 5.39. The van der Waals surface area contributed by atoms with E-state index in [2.05, 4.69) is 11.4 Å². The van der Waals surface area contributed by atoms with E-state index in [9.17, 15) is 14.7 Å². The van der Waals surface area contributed by atoms with Crippen molar-refractivity contribution in [3.8, 4) is 6.07 Å². The van der Waals surface area contributed by atoms with Gasteiger partial charge in [-0.1, -0.05) is 12.8 Å². The smallest absolute Gasteiger partial charge is 0.310 e. The van der Waals surface area contributed by atoms with E-state index in [1.807, 2.05) is 13.8 Å². The number of carboxylic acid groups (broad SMARTS) is 1. The van der Waals surface area contributed by atoms with Crippen LogP contribution in [0.4, 0.5) is 5.00 Å². The molecule has 1 amide bonds. The number of nitriles is 1. The molecular formula is C15H18N2O3S. The molecule has 0 aliphatic heterocycles. The van der Waals surface area contributed by atoms with E-state index in [-0.39, 0.29) is 12.3 Å². The number of hydrogen-bond donors (Lipinski definition) is 2. The number of hydrogen-bond acceptors (Lipinski definition) is 4. The maximum absolute atomic E-state index is 12.2. The number of nitrogens with one attached hydrogen (secondary N) is 1. The summed E-state index contributed by atoms with van der Waals surface area (Å²) in [7, 11) is 0. The molecule has 1 aliphatic carbocycles. The molecule has 1 aliphatic rings. The molecule has 0 atom stereocenters. The molecule has 0 aromatic carbocycles. The van der Waals surface area contributed by atoms with Crippen LogP contribution in [-0.4, -0.2) is 17.0 Å². The summed E-state index contributed by atoms with van der Waals surface area (Å²) in [5.74, 6) is -1.22. The minimum absolute atomic E-state index is 0.0246. The summed E-state index contributed by atoms with van der Waals surface area (Å²) in [6, 6.07) is 2.10. The van der Waals surface area contributed by atoms with Crippen LogP contribution in [0, 0.1) is 30.6 Å². The predicted octanol–water partition coefficient (Wildman–Crippen LogP) is 3.21. The van der Waals surface area contributed by atoms with Crippen LogP contribution >= 0.6 is 11.3 Å². The van der Waals surface area contributed by atoms with Gasteiger partial charge in [0.15, 0.2) is 0 Å². The van der Waals surface area contributed by atoms with Crippen molar-refractivity contribution in [2.45, 2.75) is 46.0 Å². The zero-order valence-corrected chi connectivity index (χ0v) is 13.0. The number of carboxylic acids is 1. The molecule has 1 heterocycles. The largest absolute Gasteiger partial charge is 0.481 e. The van der Waals surface area contributed by atoms with Crippen molar-refractivity contribution < 1.29 is 14.7 Å². The Labute approximate surface area is 127 Å². The SMILES string of the molecule is Cc1sc(NC(=O)CC2(C(=O)O)CCCC2)c(C#N)c1C. The van der Waals surface area contributed by atoms with Crippen LogP contribution in [0.3, 0.4) is 0 Å². The van der Waals surface area contributed by atoms with Crippen LogP contribution in [-0.2, 0) is 9.59 Å². The fraction of sp³-hybridized carbons (Fsp3) is 0.533. The van der Waals surface area contributed by atoms with E-state index in [4.69, 9.17) is 5.26 Å². The van der Waals surface area contributed by atoms with E-state index in [0.29, 0.717) is 23.4 Å². The van der Waals surface area contributed by atoms with E-state index < -0.39 is 11.4 Å². The van der Waals surface area contributed by atoms with E-state index in [1.165, 1.54) is 11.3 Å². The van der Waals surface area contributed by atoms with Crippen molar-refractivity contribution in [3.63, 3.8) is 0 Å². The van der Waals surface area contributed by atoms with Gasteiger partial charge in [0, 0.05) is 11.3 Å². The second-order valence-corrected chi connectivity index (χ2v) is 6.84. The Kier molecular flexibility index (Phi) is 4.33. The van der Waals surface area contributed by atoms with E-state index in [0.717, 1.165) is 23.3 Å². The highest BCUT2D eigenvalue weighted by atomic mass is 32.1. The summed E-state index contributed by atoms with van der Waals surface area (Å²) in [6.07, 6.45) is 2.76. The molecule has 21 heavy (non-hydrogen) atoms. The average molecular weight is 306 g/mol. The molecule has 1 aromatic rings. The summed E-state index contributed by atoms with van der Waals surface area (Å²) in [4.78, 5) is 24.6. The summed E-state index contributed by atoms with van der Waals surface area (Å²) in [6.45, 7) is 3.74. The number of thiophene rings is 1. The highest BCUT2D eigenvalue weighted by Gasteiger charge is 2.43. The molecule has 6 heteroatoms. The molecule has 0 spiro atoms. The molecule has 0 bridgehead atoms. The van der Waals surface area contributed by atoms with Crippen molar-refractivity contribution in [2.75, 3.05) is 5.32 Å². The summed E-state index contributed by atoms with van der Waals surface area (Å²) < 4.78 is 0. The minimum Gasteiger partial charge on any atom is -0.481 e. The van der Waals surface area contributed by atoms with Gasteiger partial charge in [0.05, 0.1) is 11.0 Å². The Morgan fingerprint density at radius 1 is 1.38 bits per heavy atom. The Morgan fingerprint density at radius 3 is 2.52 bits per heavy atom. The number of carbonyl (C=O) groups is 2. The quantitative estimate of drug-likeness (QED) is 0.893. The Hall–Kier alpha value is -1.87. The maximum atomic E-state index is 12.2. The standard InChI is InChI=1S/C15H18N2O3S/c1-9-10(2)21-13(11(9)8-16)17-12(18)7-15(14(19)20)5-3-4-6-15/h3-7H2,1-2H3,(H,17,18)(H,19,20). The summed E-state index contributed by atoms with van der Waals surface area (Å²) in [5, 5.41) is 21.8. The van der Waals surface area contributed by atoms with Gasteiger partial charge in [-0.2, -0.15) is 5.26 Å². The lowest BCUT2D eigenvalue weighted by Crippen LogP contribution is -2.32. The maximum Gasteiger partial charge on any atom is 0.310 e. The van der Waals surface area contributed by atoms with Gasteiger partial charge in [0.25, 0.3) is 0 Å². The van der Waals surface area contributed by atoms with Crippen LogP contribution in [0.25, 0.3) is 0 Å². The second-order valence-electron chi connectivity index (χ2n) is 5.62. The van der Waals surface area contributed by atoms with E-state index in [1.54, 1.807) is 0 Å². The fourth-order valence-electron chi connectivity index (χ4n) is 2.85. The molecule has 1 aromatic heterocycles. The van der Waals surface area contributed by atoms with Gasteiger partial charge in [0.1, 0.15) is 11.1 Å². The highest BCUT2D eigenvalue weighted by Crippen LogP contribution is 2.42. The third-order valence-electron chi connectivity index (χ3n) is 4.26. The summed E-state index contributed by atoms with van der Waals surface area (Å²) >= 11 is 1.36. The lowest BCUT2D eigenvalue weighted by molar-refractivity contribution is -0.150. The highest BCUT2D eigenvalue weighted by molar-refractivity contribution is 7.16. The van der Waals surface area contributed by atoms with E-state index >= 15 is 0 Å². The van der Waals surface area contributed by atoms with Crippen molar-refractivity contribution in [2.24, 2.45) is 5.41 Å². The molecule has 5 nitrogen and oxygen atoms in total. The molecule has 0 radical (unpaired) electrons. The first-order chi connectivity index (χ1) is 9.89. The number of aliphatic carboxylic acids is 1.